The minimum Gasteiger partial charge on any atom is -0.454 e. The Bertz CT molecular complexity index is 585. The molecule has 146 valence electrons. The maximum Gasteiger partial charge on any atom is 0.231 e. The molecule has 0 spiro atoms. The fraction of sp³-hybridized carbons (Fsp3) is 0.682. The minimum absolute atomic E-state index is 0.195. The van der Waals surface area contributed by atoms with Gasteiger partial charge in [-0.25, -0.2) is 0 Å². The predicted molar refractivity (Wildman–Crippen MR) is 106 cm³/mol. The van der Waals surface area contributed by atoms with Crippen LogP contribution in [0, 0.1) is 11.8 Å². The van der Waals surface area contributed by atoms with Crippen molar-refractivity contribution in [3.63, 3.8) is 0 Å². The van der Waals surface area contributed by atoms with Crippen molar-refractivity contribution in [1.82, 2.24) is 4.90 Å². The zero-order chi connectivity index (χ0) is 19.1. The van der Waals surface area contributed by atoms with Gasteiger partial charge in [-0.3, -0.25) is 4.79 Å². The van der Waals surface area contributed by atoms with Gasteiger partial charge in [0.05, 0.1) is 0 Å². The fourth-order valence-electron chi connectivity index (χ4n) is 3.53. The SMILES string of the molecule is CCC(CC(C)CCN(CCC(C)C)C(C)=O)c1ccc2c(c1)OCO2. The van der Waals surface area contributed by atoms with Crippen LogP contribution in [-0.2, 0) is 4.79 Å². The summed E-state index contributed by atoms with van der Waals surface area (Å²) in [5.41, 5.74) is 1.33. The van der Waals surface area contributed by atoms with E-state index >= 15 is 0 Å². The zero-order valence-electron chi connectivity index (χ0n) is 17.1. The van der Waals surface area contributed by atoms with E-state index in [2.05, 4.69) is 39.8 Å². The first-order valence-corrected chi connectivity index (χ1v) is 10.1. The highest BCUT2D eigenvalue weighted by molar-refractivity contribution is 5.73. The molecule has 4 nitrogen and oxygen atoms in total. The molecule has 0 radical (unpaired) electrons. The van der Waals surface area contributed by atoms with Crippen LogP contribution < -0.4 is 9.47 Å². The van der Waals surface area contributed by atoms with Crippen molar-refractivity contribution in [2.75, 3.05) is 19.9 Å². The van der Waals surface area contributed by atoms with Crippen molar-refractivity contribution in [2.24, 2.45) is 11.8 Å². The van der Waals surface area contributed by atoms with Gasteiger partial charge in [-0.2, -0.15) is 0 Å². The highest BCUT2D eigenvalue weighted by atomic mass is 16.7. The van der Waals surface area contributed by atoms with Crippen LogP contribution in [0.25, 0.3) is 0 Å². The Morgan fingerprint density at radius 1 is 1.12 bits per heavy atom. The molecule has 1 aliphatic rings. The van der Waals surface area contributed by atoms with Crippen LogP contribution in [-0.4, -0.2) is 30.7 Å². The van der Waals surface area contributed by atoms with Crippen LogP contribution in [0.15, 0.2) is 18.2 Å². The Hall–Kier alpha value is -1.71. The van der Waals surface area contributed by atoms with Gasteiger partial charge in [0, 0.05) is 20.0 Å². The molecule has 1 aromatic rings. The molecule has 0 saturated heterocycles. The van der Waals surface area contributed by atoms with Crippen molar-refractivity contribution in [2.45, 2.75) is 66.2 Å². The Morgan fingerprint density at radius 3 is 2.46 bits per heavy atom. The number of benzene rings is 1. The molecule has 26 heavy (non-hydrogen) atoms. The first-order chi connectivity index (χ1) is 12.4. The molecule has 0 saturated carbocycles. The van der Waals surface area contributed by atoms with E-state index in [1.165, 1.54) is 5.56 Å². The van der Waals surface area contributed by atoms with Gasteiger partial charge in [0.15, 0.2) is 11.5 Å². The Morgan fingerprint density at radius 2 is 1.81 bits per heavy atom. The maximum absolute atomic E-state index is 11.9. The fourth-order valence-corrected chi connectivity index (χ4v) is 3.53. The molecule has 0 fully saturated rings. The van der Waals surface area contributed by atoms with Crippen LogP contribution in [0.2, 0.25) is 0 Å². The summed E-state index contributed by atoms with van der Waals surface area (Å²) in [6, 6.07) is 6.32. The van der Waals surface area contributed by atoms with Gasteiger partial charge < -0.3 is 14.4 Å². The molecule has 1 aliphatic heterocycles. The average molecular weight is 362 g/mol. The molecule has 0 aliphatic carbocycles. The van der Waals surface area contributed by atoms with Crippen molar-refractivity contribution < 1.29 is 14.3 Å². The average Bonchev–Trinajstić information content (AvgIpc) is 3.06. The van der Waals surface area contributed by atoms with Crippen LogP contribution in [0.3, 0.4) is 0 Å². The van der Waals surface area contributed by atoms with Gasteiger partial charge in [-0.15, -0.1) is 0 Å². The number of ether oxygens (including phenoxy) is 2. The number of amides is 1. The second-order valence-electron chi connectivity index (χ2n) is 8.04. The number of carbonyl (C=O) groups excluding carboxylic acids is 1. The van der Waals surface area contributed by atoms with Crippen molar-refractivity contribution >= 4 is 5.91 Å². The molecule has 2 rings (SSSR count). The quantitative estimate of drug-likeness (QED) is 0.573. The number of rotatable bonds is 10. The third-order valence-corrected chi connectivity index (χ3v) is 5.36. The monoisotopic (exact) mass is 361 g/mol. The topological polar surface area (TPSA) is 38.8 Å². The molecule has 1 amide bonds. The molecule has 2 unspecified atom stereocenters. The number of hydrogen-bond acceptors (Lipinski definition) is 3. The van der Waals surface area contributed by atoms with E-state index in [-0.39, 0.29) is 5.91 Å². The predicted octanol–water partition coefficient (Wildman–Crippen LogP) is 5.22. The van der Waals surface area contributed by atoms with E-state index in [0.29, 0.717) is 24.5 Å². The number of carbonyl (C=O) groups is 1. The lowest BCUT2D eigenvalue weighted by Gasteiger charge is -2.25. The summed E-state index contributed by atoms with van der Waals surface area (Å²) in [5, 5.41) is 0. The molecule has 0 N–H and O–H groups in total. The highest BCUT2D eigenvalue weighted by Crippen LogP contribution is 2.37. The largest absolute Gasteiger partial charge is 0.454 e. The maximum atomic E-state index is 11.9. The summed E-state index contributed by atoms with van der Waals surface area (Å²) in [4.78, 5) is 13.9. The molecular formula is C22H35NO3. The second-order valence-corrected chi connectivity index (χ2v) is 8.04. The molecule has 1 heterocycles. The van der Waals surface area contributed by atoms with Gasteiger partial charge in [-0.1, -0.05) is 33.8 Å². The summed E-state index contributed by atoms with van der Waals surface area (Å²) in [6.07, 6.45) is 4.36. The summed E-state index contributed by atoms with van der Waals surface area (Å²) < 4.78 is 10.9. The first kappa shape index (κ1) is 20.6. The third kappa shape index (κ3) is 5.93. The lowest BCUT2D eigenvalue weighted by molar-refractivity contribution is -0.129. The van der Waals surface area contributed by atoms with Crippen molar-refractivity contribution in [3.8, 4) is 11.5 Å². The number of nitrogens with zero attached hydrogens (tertiary/aromatic N) is 1. The normalized spacial score (nSPS) is 15.2. The smallest absolute Gasteiger partial charge is 0.231 e. The number of hydrogen-bond donors (Lipinski definition) is 0. The molecule has 2 atom stereocenters. The van der Waals surface area contributed by atoms with E-state index in [4.69, 9.17) is 9.47 Å². The van der Waals surface area contributed by atoms with Crippen LogP contribution >= 0.6 is 0 Å². The van der Waals surface area contributed by atoms with E-state index < -0.39 is 0 Å². The van der Waals surface area contributed by atoms with E-state index in [9.17, 15) is 4.79 Å². The Kier molecular flexibility index (Phi) is 7.80. The highest BCUT2D eigenvalue weighted by Gasteiger charge is 2.19. The van der Waals surface area contributed by atoms with Crippen molar-refractivity contribution in [3.05, 3.63) is 23.8 Å². The zero-order valence-corrected chi connectivity index (χ0v) is 17.1. The van der Waals surface area contributed by atoms with Crippen molar-refractivity contribution in [1.29, 1.82) is 0 Å². The van der Waals surface area contributed by atoms with E-state index in [0.717, 1.165) is 50.3 Å². The Labute approximate surface area is 158 Å². The van der Waals surface area contributed by atoms with Crippen LogP contribution in [0.4, 0.5) is 0 Å². The lowest BCUT2D eigenvalue weighted by atomic mass is 9.86. The Balaban J connectivity index is 1.88. The summed E-state index contributed by atoms with van der Waals surface area (Å²) in [7, 11) is 0. The standard InChI is InChI=1S/C22H35NO3/c1-6-19(20-7-8-21-22(14-20)26-15-25-21)13-17(4)10-12-23(18(5)24)11-9-16(2)3/h7-8,14,16-17,19H,6,9-13,15H2,1-5H3. The molecule has 1 aromatic carbocycles. The number of fused-ring (bicyclic) bond motifs is 1. The van der Waals surface area contributed by atoms with Gasteiger partial charge in [-0.05, 0) is 61.1 Å². The first-order valence-electron chi connectivity index (χ1n) is 10.1. The van der Waals surface area contributed by atoms with Gasteiger partial charge >= 0.3 is 0 Å². The van der Waals surface area contributed by atoms with Gasteiger partial charge in [0.25, 0.3) is 0 Å². The van der Waals surface area contributed by atoms with Crippen LogP contribution in [0.5, 0.6) is 11.5 Å². The van der Waals surface area contributed by atoms with E-state index in [1.54, 1.807) is 6.92 Å². The molecule has 0 bridgehead atoms. The van der Waals surface area contributed by atoms with Crippen LogP contribution in [0.1, 0.15) is 71.8 Å². The molecule has 0 aromatic heterocycles. The second kappa shape index (κ2) is 9.84. The minimum atomic E-state index is 0.195. The summed E-state index contributed by atoms with van der Waals surface area (Å²) in [5.74, 6) is 3.63. The third-order valence-electron chi connectivity index (χ3n) is 5.36. The summed E-state index contributed by atoms with van der Waals surface area (Å²) >= 11 is 0. The van der Waals surface area contributed by atoms with E-state index in [1.807, 2.05) is 11.0 Å². The molecule has 4 heteroatoms. The summed E-state index contributed by atoms with van der Waals surface area (Å²) in [6.45, 7) is 12.7. The molecular weight excluding hydrogens is 326 g/mol. The van der Waals surface area contributed by atoms with Gasteiger partial charge in [0.2, 0.25) is 12.7 Å². The lowest BCUT2D eigenvalue weighted by Crippen LogP contribution is -2.32. The van der Waals surface area contributed by atoms with Gasteiger partial charge in [0.1, 0.15) is 0 Å².